The second-order valence-electron chi connectivity index (χ2n) is 5.56. The highest BCUT2D eigenvalue weighted by Crippen LogP contribution is 2.30. The van der Waals surface area contributed by atoms with Gasteiger partial charge in [-0.15, -0.1) is 0 Å². The first kappa shape index (κ1) is 14.1. The number of benzene rings is 1. The molecule has 3 nitrogen and oxygen atoms in total. The van der Waals surface area contributed by atoms with Crippen molar-refractivity contribution in [3.8, 4) is 0 Å². The molecule has 2 aromatic rings. The van der Waals surface area contributed by atoms with E-state index < -0.39 is 0 Å². The molecule has 1 aliphatic heterocycles. The van der Waals surface area contributed by atoms with Gasteiger partial charge in [-0.05, 0) is 42.7 Å². The highest BCUT2D eigenvalue weighted by atomic mass is 19.1. The molecule has 1 aliphatic rings. The van der Waals surface area contributed by atoms with E-state index in [4.69, 9.17) is 0 Å². The highest BCUT2D eigenvalue weighted by Gasteiger charge is 2.24. The maximum Gasteiger partial charge on any atom is 0.128 e. The molecular formula is C17H20FN3. The molecule has 3 rings (SSSR count). The van der Waals surface area contributed by atoms with Gasteiger partial charge in [0.2, 0.25) is 0 Å². The number of aromatic nitrogens is 2. The van der Waals surface area contributed by atoms with Gasteiger partial charge in [-0.2, -0.15) is 0 Å². The predicted molar refractivity (Wildman–Crippen MR) is 80.3 cm³/mol. The average Bonchev–Trinajstić information content (AvgIpc) is 2.51. The van der Waals surface area contributed by atoms with Crippen LogP contribution in [0.4, 0.5) is 4.39 Å². The fourth-order valence-corrected chi connectivity index (χ4v) is 2.96. The third-order valence-corrected chi connectivity index (χ3v) is 4.22. The lowest BCUT2D eigenvalue weighted by Crippen LogP contribution is -2.33. The summed E-state index contributed by atoms with van der Waals surface area (Å²) in [5.41, 5.74) is 3.40. The molecule has 1 atom stereocenters. The molecule has 0 unspecified atom stereocenters. The van der Waals surface area contributed by atoms with E-state index in [1.54, 1.807) is 12.1 Å². The molecule has 0 amide bonds. The molecule has 0 bridgehead atoms. The number of rotatable bonds is 3. The summed E-state index contributed by atoms with van der Waals surface area (Å²) in [5.74, 6) is 0.723. The molecular weight excluding hydrogens is 265 g/mol. The smallest absolute Gasteiger partial charge is 0.128 e. The minimum atomic E-state index is -0.155. The zero-order chi connectivity index (χ0) is 14.8. The van der Waals surface area contributed by atoms with Crippen molar-refractivity contribution in [2.45, 2.75) is 39.3 Å². The van der Waals surface area contributed by atoms with E-state index in [2.05, 4.69) is 28.7 Å². The zero-order valence-electron chi connectivity index (χ0n) is 12.5. The summed E-state index contributed by atoms with van der Waals surface area (Å²) in [4.78, 5) is 11.2. The van der Waals surface area contributed by atoms with Crippen molar-refractivity contribution in [2.75, 3.05) is 6.54 Å². The minimum Gasteiger partial charge on any atom is -0.290 e. The largest absolute Gasteiger partial charge is 0.290 e. The Balaban J connectivity index is 1.81. The molecule has 4 heteroatoms. The van der Waals surface area contributed by atoms with E-state index >= 15 is 0 Å². The molecule has 0 N–H and O–H groups in total. The number of nitrogens with zero attached hydrogens (tertiary/aromatic N) is 3. The van der Waals surface area contributed by atoms with Crippen LogP contribution in [0.1, 0.15) is 42.5 Å². The first-order valence-electron chi connectivity index (χ1n) is 7.50. The van der Waals surface area contributed by atoms with Crippen LogP contribution in [0.3, 0.4) is 0 Å². The Kier molecular flexibility index (Phi) is 3.97. The molecule has 2 heterocycles. The highest BCUT2D eigenvalue weighted by molar-refractivity contribution is 5.32. The number of hydrogen-bond donors (Lipinski definition) is 0. The second kappa shape index (κ2) is 5.90. The van der Waals surface area contributed by atoms with Crippen molar-refractivity contribution in [3.05, 3.63) is 58.9 Å². The Hall–Kier alpha value is -1.81. The summed E-state index contributed by atoms with van der Waals surface area (Å²) < 4.78 is 13.5. The maximum atomic E-state index is 13.5. The predicted octanol–water partition coefficient (Wildman–Crippen LogP) is 3.30. The van der Waals surface area contributed by atoms with Gasteiger partial charge in [-0.3, -0.25) is 4.90 Å². The molecule has 0 aliphatic carbocycles. The molecule has 0 spiro atoms. The van der Waals surface area contributed by atoms with Crippen LogP contribution in [-0.4, -0.2) is 21.4 Å². The number of halogens is 1. The monoisotopic (exact) mass is 285 g/mol. The molecule has 0 saturated heterocycles. The van der Waals surface area contributed by atoms with Crippen LogP contribution < -0.4 is 0 Å². The van der Waals surface area contributed by atoms with Crippen molar-refractivity contribution < 1.29 is 4.39 Å². The summed E-state index contributed by atoms with van der Waals surface area (Å²) in [6, 6.07) is 7.32. The Bertz CT molecular complexity index is 642. The van der Waals surface area contributed by atoms with E-state index in [0.717, 1.165) is 43.0 Å². The van der Waals surface area contributed by atoms with E-state index in [1.165, 1.54) is 5.56 Å². The summed E-state index contributed by atoms with van der Waals surface area (Å²) in [6.45, 7) is 5.96. The van der Waals surface area contributed by atoms with E-state index in [0.29, 0.717) is 0 Å². The summed E-state index contributed by atoms with van der Waals surface area (Å²) in [7, 11) is 0. The average molecular weight is 285 g/mol. The van der Waals surface area contributed by atoms with E-state index in [1.807, 2.05) is 18.3 Å². The molecule has 1 aromatic heterocycles. The van der Waals surface area contributed by atoms with Crippen LogP contribution in [0.5, 0.6) is 0 Å². The third kappa shape index (κ3) is 2.95. The topological polar surface area (TPSA) is 29.0 Å². The maximum absolute atomic E-state index is 13.5. The van der Waals surface area contributed by atoms with E-state index in [-0.39, 0.29) is 11.9 Å². The zero-order valence-corrected chi connectivity index (χ0v) is 12.5. The van der Waals surface area contributed by atoms with E-state index in [9.17, 15) is 4.39 Å². The first-order chi connectivity index (χ1) is 10.2. The van der Waals surface area contributed by atoms with Crippen molar-refractivity contribution in [1.29, 1.82) is 0 Å². The molecule has 0 fully saturated rings. The van der Waals surface area contributed by atoms with Crippen molar-refractivity contribution >= 4 is 0 Å². The van der Waals surface area contributed by atoms with Gasteiger partial charge in [0, 0.05) is 31.7 Å². The summed E-state index contributed by atoms with van der Waals surface area (Å²) in [5, 5.41) is 0. The first-order valence-corrected chi connectivity index (χ1v) is 7.50. The van der Waals surface area contributed by atoms with Crippen LogP contribution in [0, 0.1) is 5.82 Å². The molecule has 0 saturated carbocycles. The lowest BCUT2D eigenvalue weighted by molar-refractivity contribution is 0.186. The quantitative estimate of drug-likeness (QED) is 0.866. The molecule has 0 radical (unpaired) electrons. The fourth-order valence-electron chi connectivity index (χ4n) is 2.96. The summed E-state index contributed by atoms with van der Waals surface area (Å²) >= 11 is 0. The van der Waals surface area contributed by atoms with Gasteiger partial charge in [0.1, 0.15) is 11.6 Å². The molecule has 21 heavy (non-hydrogen) atoms. The van der Waals surface area contributed by atoms with Gasteiger partial charge in [0.15, 0.2) is 0 Å². The van der Waals surface area contributed by atoms with Crippen LogP contribution in [-0.2, 0) is 19.4 Å². The number of fused-ring (bicyclic) bond motifs is 1. The fraction of sp³-hybridized carbons (Fsp3) is 0.412. The molecule has 1 aromatic carbocycles. The normalized spacial score (nSPS) is 18.5. The van der Waals surface area contributed by atoms with Crippen LogP contribution >= 0.6 is 0 Å². The Morgan fingerprint density at radius 1 is 1.33 bits per heavy atom. The van der Waals surface area contributed by atoms with Crippen molar-refractivity contribution in [3.63, 3.8) is 0 Å². The van der Waals surface area contributed by atoms with Gasteiger partial charge in [-0.1, -0.05) is 13.0 Å². The third-order valence-electron chi connectivity index (χ3n) is 4.22. The van der Waals surface area contributed by atoms with Crippen LogP contribution in [0.15, 0.2) is 30.5 Å². The van der Waals surface area contributed by atoms with Gasteiger partial charge < -0.3 is 0 Å². The number of aryl methyl sites for hydroxylation is 1. The minimum absolute atomic E-state index is 0.155. The molecule has 110 valence electrons. The van der Waals surface area contributed by atoms with Gasteiger partial charge >= 0.3 is 0 Å². The SMILES string of the molecule is CCc1nccc(CN2CCc3ccc(F)cc3[C@H]2C)n1. The standard InChI is InChI=1S/C17H20FN3/c1-3-17-19-8-6-15(20-17)11-21-9-7-13-4-5-14(18)10-16(13)12(21)2/h4-6,8,10,12H,3,7,9,11H2,1-2H3/t12-/m1/s1. The second-order valence-corrected chi connectivity index (χ2v) is 5.56. The van der Waals surface area contributed by atoms with Crippen LogP contribution in [0.25, 0.3) is 0 Å². The lowest BCUT2D eigenvalue weighted by atomic mass is 9.93. The number of hydrogen-bond acceptors (Lipinski definition) is 3. The van der Waals surface area contributed by atoms with Crippen molar-refractivity contribution in [1.82, 2.24) is 14.9 Å². The lowest BCUT2D eigenvalue weighted by Gasteiger charge is -2.35. The van der Waals surface area contributed by atoms with Gasteiger partial charge in [-0.25, -0.2) is 14.4 Å². The van der Waals surface area contributed by atoms with Crippen molar-refractivity contribution in [2.24, 2.45) is 0 Å². The Morgan fingerprint density at radius 3 is 3.00 bits per heavy atom. The van der Waals surface area contributed by atoms with Crippen LogP contribution in [0.2, 0.25) is 0 Å². The van der Waals surface area contributed by atoms with Gasteiger partial charge in [0.25, 0.3) is 0 Å². The Labute approximate surface area is 124 Å². The Morgan fingerprint density at radius 2 is 2.19 bits per heavy atom. The van der Waals surface area contributed by atoms with Gasteiger partial charge in [0.05, 0.1) is 5.69 Å². The summed E-state index contributed by atoms with van der Waals surface area (Å²) in [6.07, 6.45) is 3.63.